The number of carbonyl (C=O) groups excluding carboxylic acids is 2. The van der Waals surface area contributed by atoms with Crippen molar-refractivity contribution in [1.29, 1.82) is 0 Å². The molecule has 3 N–H and O–H groups in total. The van der Waals surface area contributed by atoms with Gasteiger partial charge in [0.05, 0.1) is 11.3 Å². The Balaban J connectivity index is 2.25. The lowest BCUT2D eigenvalue weighted by molar-refractivity contribution is -0.274. The van der Waals surface area contributed by atoms with Gasteiger partial charge in [0.2, 0.25) is 0 Å². The first-order valence-corrected chi connectivity index (χ1v) is 7.13. The lowest BCUT2D eigenvalue weighted by atomic mass is 10.1. The molecule has 0 spiro atoms. The first-order valence-electron chi connectivity index (χ1n) is 7.13. The summed E-state index contributed by atoms with van der Waals surface area (Å²) in [6, 6.07) is 6.95. The van der Waals surface area contributed by atoms with Gasteiger partial charge in [0, 0.05) is 18.8 Å². The Bertz CT molecular complexity index is 825. The fourth-order valence-corrected chi connectivity index (χ4v) is 2.01. The van der Waals surface area contributed by atoms with E-state index in [9.17, 15) is 27.2 Å². The highest BCUT2D eigenvalue weighted by Crippen LogP contribution is 2.28. The Morgan fingerprint density at radius 2 is 1.77 bits per heavy atom. The molecule has 2 aromatic rings. The zero-order chi connectivity index (χ0) is 19.3. The van der Waals surface area contributed by atoms with Crippen LogP contribution in [0.15, 0.2) is 42.5 Å². The number of nitrogens with one attached hydrogen (secondary N) is 3. The second kappa shape index (κ2) is 7.72. The molecule has 0 saturated carbocycles. The van der Waals surface area contributed by atoms with Crippen LogP contribution in [0.3, 0.4) is 0 Å². The highest BCUT2D eigenvalue weighted by Gasteiger charge is 2.31. The molecule has 0 radical (unpaired) electrons. The predicted molar refractivity (Wildman–Crippen MR) is 85.6 cm³/mol. The monoisotopic (exact) mass is 371 g/mol. The zero-order valence-electron chi connectivity index (χ0n) is 13.3. The molecule has 0 saturated heterocycles. The van der Waals surface area contributed by atoms with Crippen LogP contribution in [0.2, 0.25) is 0 Å². The van der Waals surface area contributed by atoms with Gasteiger partial charge >= 0.3 is 12.4 Å². The summed E-state index contributed by atoms with van der Waals surface area (Å²) in [5.41, 5.74) is -0.192. The van der Waals surface area contributed by atoms with Gasteiger partial charge in [-0.15, -0.1) is 13.2 Å². The third-order valence-electron chi connectivity index (χ3n) is 3.03. The van der Waals surface area contributed by atoms with E-state index < -0.39 is 29.9 Å². The third-order valence-corrected chi connectivity index (χ3v) is 3.03. The van der Waals surface area contributed by atoms with E-state index in [1.54, 1.807) is 0 Å². The van der Waals surface area contributed by atoms with Gasteiger partial charge in [-0.1, -0.05) is 6.07 Å². The van der Waals surface area contributed by atoms with Crippen molar-refractivity contribution < 1.29 is 31.9 Å². The lowest BCUT2D eigenvalue weighted by Gasteiger charge is -2.14. The molecule has 0 heterocycles. The summed E-state index contributed by atoms with van der Waals surface area (Å²) in [5.74, 6) is -1.84. The molecule has 6 nitrogen and oxygen atoms in total. The smallest absolute Gasteiger partial charge is 0.406 e. The van der Waals surface area contributed by atoms with Crippen molar-refractivity contribution in [2.45, 2.75) is 6.36 Å². The summed E-state index contributed by atoms with van der Waals surface area (Å²) in [5, 5.41) is 6.83. The lowest BCUT2D eigenvalue weighted by Crippen LogP contribution is -2.24. The molecule has 26 heavy (non-hydrogen) atoms. The summed E-state index contributed by atoms with van der Waals surface area (Å²) in [6.45, 7) is 0. The minimum absolute atomic E-state index is 0.0867. The number of amides is 3. The molecule has 10 heteroatoms. The van der Waals surface area contributed by atoms with Crippen molar-refractivity contribution in [3.63, 3.8) is 0 Å². The number of benzene rings is 2. The Hall–Kier alpha value is -3.30. The van der Waals surface area contributed by atoms with Crippen LogP contribution in [0.5, 0.6) is 5.75 Å². The van der Waals surface area contributed by atoms with Gasteiger partial charge in [0.1, 0.15) is 11.6 Å². The molecule has 0 unspecified atom stereocenters. The van der Waals surface area contributed by atoms with Crippen LogP contribution in [0, 0.1) is 5.82 Å². The fraction of sp³-hybridized carbons (Fsp3) is 0.125. The molecule has 0 aromatic heterocycles. The summed E-state index contributed by atoms with van der Waals surface area (Å²) in [6.07, 6.45) is -4.93. The normalized spacial score (nSPS) is 10.8. The minimum Gasteiger partial charge on any atom is -0.406 e. The van der Waals surface area contributed by atoms with E-state index in [0.29, 0.717) is 0 Å². The number of anilines is 2. The largest absolute Gasteiger partial charge is 0.573 e. The van der Waals surface area contributed by atoms with Crippen LogP contribution in [0.25, 0.3) is 0 Å². The Labute approximate surface area is 145 Å². The molecule has 0 bridgehead atoms. The Kier molecular flexibility index (Phi) is 5.65. The van der Waals surface area contributed by atoms with Crippen molar-refractivity contribution in [3.8, 4) is 5.75 Å². The molecule has 0 aliphatic heterocycles. The first kappa shape index (κ1) is 19.0. The maximum absolute atomic E-state index is 13.1. The molecule has 2 rings (SSSR count). The zero-order valence-corrected chi connectivity index (χ0v) is 13.3. The molecule has 0 aliphatic rings. The number of alkyl halides is 3. The van der Waals surface area contributed by atoms with E-state index in [2.05, 4.69) is 20.7 Å². The summed E-state index contributed by atoms with van der Waals surface area (Å²) >= 11 is 0. The number of ether oxygens (including phenoxy) is 1. The molecule has 0 fully saturated rings. The molecule has 138 valence electrons. The second-order valence-corrected chi connectivity index (χ2v) is 4.92. The van der Waals surface area contributed by atoms with E-state index in [1.807, 2.05) is 0 Å². The van der Waals surface area contributed by atoms with E-state index >= 15 is 0 Å². The average molecular weight is 371 g/mol. The van der Waals surface area contributed by atoms with E-state index in [4.69, 9.17) is 0 Å². The van der Waals surface area contributed by atoms with Gasteiger partial charge in [0.15, 0.2) is 0 Å². The van der Waals surface area contributed by atoms with E-state index in [1.165, 1.54) is 25.2 Å². The standard InChI is InChI=1S/C16H13F4N3O3/c1-21-14(24)12-6-5-11(26-16(18,19)20)8-13(12)23-15(25)22-10-4-2-3-9(17)7-10/h2-8H,1H3,(H,21,24)(H2,22,23,25). The van der Waals surface area contributed by atoms with Crippen molar-refractivity contribution >= 4 is 23.3 Å². The SMILES string of the molecule is CNC(=O)c1ccc(OC(F)(F)F)cc1NC(=O)Nc1cccc(F)c1. The fourth-order valence-electron chi connectivity index (χ4n) is 2.01. The number of halogens is 4. The van der Waals surface area contributed by atoms with Crippen molar-refractivity contribution in [2.75, 3.05) is 17.7 Å². The van der Waals surface area contributed by atoms with Crippen molar-refractivity contribution in [2.24, 2.45) is 0 Å². The summed E-state index contributed by atoms with van der Waals surface area (Å²) < 4.78 is 53.9. The van der Waals surface area contributed by atoms with Crippen LogP contribution in [0.4, 0.5) is 33.7 Å². The number of urea groups is 1. The maximum Gasteiger partial charge on any atom is 0.573 e. The minimum atomic E-state index is -4.93. The van der Waals surface area contributed by atoms with Gasteiger partial charge in [-0.05, 0) is 30.3 Å². The van der Waals surface area contributed by atoms with Gasteiger partial charge in [-0.3, -0.25) is 4.79 Å². The molecule has 0 atom stereocenters. The molecule has 2 aromatic carbocycles. The van der Waals surface area contributed by atoms with Gasteiger partial charge in [0.25, 0.3) is 5.91 Å². The first-order chi connectivity index (χ1) is 12.2. The van der Waals surface area contributed by atoms with Crippen LogP contribution in [0.1, 0.15) is 10.4 Å². The third kappa shape index (κ3) is 5.36. The Morgan fingerprint density at radius 1 is 1.04 bits per heavy atom. The van der Waals surface area contributed by atoms with E-state index in [-0.39, 0.29) is 16.9 Å². The molecule has 3 amide bonds. The average Bonchev–Trinajstić information content (AvgIpc) is 2.52. The van der Waals surface area contributed by atoms with Crippen LogP contribution in [-0.2, 0) is 0 Å². The second-order valence-electron chi connectivity index (χ2n) is 4.92. The highest BCUT2D eigenvalue weighted by atomic mass is 19.4. The van der Waals surface area contributed by atoms with Crippen LogP contribution >= 0.6 is 0 Å². The summed E-state index contributed by atoms with van der Waals surface area (Å²) in [7, 11) is 1.32. The quantitative estimate of drug-likeness (QED) is 0.717. The number of rotatable bonds is 4. The molecular weight excluding hydrogens is 358 g/mol. The molecular formula is C16H13F4N3O3. The highest BCUT2D eigenvalue weighted by molar-refractivity contribution is 6.06. The van der Waals surface area contributed by atoms with Gasteiger partial charge in [-0.2, -0.15) is 0 Å². The predicted octanol–water partition coefficient (Wildman–Crippen LogP) is 3.73. The Morgan fingerprint density at radius 3 is 2.38 bits per heavy atom. The van der Waals surface area contributed by atoms with E-state index in [0.717, 1.165) is 24.3 Å². The number of hydrogen-bond donors (Lipinski definition) is 3. The topological polar surface area (TPSA) is 79.5 Å². The maximum atomic E-state index is 13.1. The number of carbonyl (C=O) groups is 2. The van der Waals surface area contributed by atoms with Crippen molar-refractivity contribution in [1.82, 2.24) is 5.32 Å². The summed E-state index contributed by atoms with van der Waals surface area (Å²) in [4.78, 5) is 23.8. The molecule has 0 aliphatic carbocycles. The van der Waals surface area contributed by atoms with Gasteiger partial charge in [-0.25, -0.2) is 9.18 Å². The van der Waals surface area contributed by atoms with Crippen LogP contribution in [-0.4, -0.2) is 25.3 Å². The van der Waals surface area contributed by atoms with Crippen LogP contribution < -0.4 is 20.7 Å². The number of hydrogen-bond acceptors (Lipinski definition) is 3. The van der Waals surface area contributed by atoms with Gasteiger partial charge < -0.3 is 20.7 Å². The van der Waals surface area contributed by atoms with Crippen molar-refractivity contribution in [3.05, 3.63) is 53.8 Å².